The summed E-state index contributed by atoms with van der Waals surface area (Å²) in [4.78, 5) is 10.9. The third-order valence-electron chi connectivity index (χ3n) is 2.13. The SMILES string of the molecule is CC(=O)NC(I)c1c(C)cccc1C. The van der Waals surface area contributed by atoms with E-state index < -0.39 is 0 Å². The van der Waals surface area contributed by atoms with Crippen LogP contribution in [-0.4, -0.2) is 5.91 Å². The zero-order chi connectivity index (χ0) is 10.7. The van der Waals surface area contributed by atoms with Crippen LogP contribution in [0.2, 0.25) is 0 Å². The summed E-state index contributed by atoms with van der Waals surface area (Å²) in [5, 5.41) is 2.89. The highest BCUT2D eigenvalue weighted by atomic mass is 127. The van der Waals surface area contributed by atoms with E-state index >= 15 is 0 Å². The number of rotatable bonds is 2. The first-order valence-electron chi connectivity index (χ1n) is 4.49. The summed E-state index contributed by atoms with van der Waals surface area (Å²) in [6.45, 7) is 5.67. The van der Waals surface area contributed by atoms with Crippen LogP contribution in [0.3, 0.4) is 0 Å². The molecule has 0 aliphatic rings. The van der Waals surface area contributed by atoms with Gasteiger partial charge in [0.25, 0.3) is 0 Å². The molecule has 0 saturated carbocycles. The van der Waals surface area contributed by atoms with Crippen LogP contribution in [0.25, 0.3) is 0 Å². The summed E-state index contributed by atoms with van der Waals surface area (Å²) in [5.74, 6) is 0.00653. The predicted molar refractivity (Wildman–Crippen MR) is 66.5 cm³/mol. The quantitative estimate of drug-likeness (QED) is 0.508. The highest BCUT2D eigenvalue weighted by Crippen LogP contribution is 2.26. The second-order valence-electron chi connectivity index (χ2n) is 3.37. The summed E-state index contributed by atoms with van der Waals surface area (Å²) >= 11 is 2.24. The standard InChI is InChI=1S/C11H14INO/c1-7-5-4-6-8(2)10(7)11(12)13-9(3)14/h4-6,11H,1-3H3,(H,13,14). The van der Waals surface area contributed by atoms with Crippen LogP contribution in [0.15, 0.2) is 18.2 Å². The van der Waals surface area contributed by atoms with Crippen molar-refractivity contribution in [1.82, 2.24) is 5.32 Å². The summed E-state index contributed by atoms with van der Waals surface area (Å²) in [6, 6.07) is 6.16. The molecule has 14 heavy (non-hydrogen) atoms. The molecule has 0 heterocycles. The van der Waals surface area contributed by atoms with Gasteiger partial charge in [0.15, 0.2) is 0 Å². The van der Waals surface area contributed by atoms with Crippen molar-refractivity contribution in [3.63, 3.8) is 0 Å². The van der Waals surface area contributed by atoms with Crippen molar-refractivity contribution in [2.45, 2.75) is 24.8 Å². The van der Waals surface area contributed by atoms with Gasteiger partial charge in [-0.15, -0.1) is 0 Å². The van der Waals surface area contributed by atoms with E-state index in [4.69, 9.17) is 0 Å². The Labute approximate surface area is 98.2 Å². The number of halogens is 1. The van der Waals surface area contributed by atoms with Crippen LogP contribution in [0.5, 0.6) is 0 Å². The Morgan fingerprint density at radius 2 is 1.86 bits per heavy atom. The molecule has 0 radical (unpaired) electrons. The summed E-state index contributed by atoms with van der Waals surface area (Å²) < 4.78 is 0.0614. The first-order valence-corrected chi connectivity index (χ1v) is 5.74. The van der Waals surface area contributed by atoms with Crippen LogP contribution < -0.4 is 5.32 Å². The van der Waals surface area contributed by atoms with Crippen LogP contribution in [0, 0.1) is 13.8 Å². The second-order valence-corrected chi connectivity index (χ2v) is 4.61. The second kappa shape index (κ2) is 4.77. The largest absolute Gasteiger partial charge is 0.341 e. The van der Waals surface area contributed by atoms with Crippen LogP contribution in [0.4, 0.5) is 0 Å². The average molecular weight is 303 g/mol. The van der Waals surface area contributed by atoms with E-state index in [1.165, 1.54) is 16.7 Å². The first kappa shape index (κ1) is 11.5. The Hall–Kier alpha value is -0.580. The maximum atomic E-state index is 10.9. The van der Waals surface area contributed by atoms with Gasteiger partial charge in [0.1, 0.15) is 4.05 Å². The molecule has 2 nitrogen and oxygen atoms in total. The van der Waals surface area contributed by atoms with Gasteiger partial charge in [-0.25, -0.2) is 0 Å². The van der Waals surface area contributed by atoms with Gasteiger partial charge >= 0.3 is 0 Å². The molecule has 0 saturated heterocycles. The number of hydrogen-bond donors (Lipinski definition) is 1. The summed E-state index contributed by atoms with van der Waals surface area (Å²) in [5.41, 5.74) is 3.65. The van der Waals surface area contributed by atoms with Crippen molar-refractivity contribution >= 4 is 28.5 Å². The molecular formula is C11H14INO. The number of aryl methyl sites for hydroxylation is 2. The number of carbonyl (C=O) groups is 1. The minimum Gasteiger partial charge on any atom is -0.341 e. The van der Waals surface area contributed by atoms with E-state index in [1.807, 2.05) is 6.07 Å². The maximum Gasteiger partial charge on any atom is 0.217 e. The number of hydrogen-bond acceptors (Lipinski definition) is 1. The predicted octanol–water partition coefficient (Wildman–Crippen LogP) is 2.87. The third kappa shape index (κ3) is 2.70. The highest BCUT2D eigenvalue weighted by molar-refractivity contribution is 14.1. The van der Waals surface area contributed by atoms with Crippen molar-refractivity contribution in [3.8, 4) is 0 Å². The van der Waals surface area contributed by atoms with Crippen LogP contribution >= 0.6 is 22.6 Å². The van der Waals surface area contributed by atoms with Crippen molar-refractivity contribution < 1.29 is 4.79 Å². The summed E-state index contributed by atoms with van der Waals surface area (Å²) in [6.07, 6.45) is 0. The molecule has 0 aliphatic carbocycles. The molecule has 1 atom stereocenters. The molecule has 0 aromatic heterocycles. The lowest BCUT2D eigenvalue weighted by Gasteiger charge is -2.16. The van der Waals surface area contributed by atoms with Crippen molar-refractivity contribution in [3.05, 3.63) is 34.9 Å². The molecule has 1 aromatic carbocycles. The molecule has 1 unspecified atom stereocenters. The molecule has 3 heteroatoms. The number of amides is 1. The molecule has 0 fully saturated rings. The molecule has 0 spiro atoms. The Kier molecular flexibility index (Phi) is 3.92. The molecule has 76 valence electrons. The number of nitrogens with one attached hydrogen (secondary N) is 1. The van der Waals surface area contributed by atoms with E-state index in [9.17, 15) is 4.79 Å². The zero-order valence-electron chi connectivity index (χ0n) is 8.60. The molecule has 1 amide bonds. The van der Waals surface area contributed by atoms with Crippen molar-refractivity contribution in [2.75, 3.05) is 0 Å². The molecule has 1 aromatic rings. The van der Waals surface area contributed by atoms with Gasteiger partial charge < -0.3 is 5.32 Å². The van der Waals surface area contributed by atoms with Gasteiger partial charge in [0.2, 0.25) is 5.91 Å². The fourth-order valence-corrected chi connectivity index (χ4v) is 2.90. The average Bonchev–Trinajstić information content (AvgIpc) is 2.01. The lowest BCUT2D eigenvalue weighted by Crippen LogP contribution is -2.22. The minimum atomic E-state index is 0.00653. The Balaban J connectivity index is 2.99. The number of carbonyl (C=O) groups excluding carboxylic acids is 1. The van der Waals surface area contributed by atoms with Gasteiger partial charge in [-0.1, -0.05) is 40.8 Å². The number of benzene rings is 1. The van der Waals surface area contributed by atoms with Crippen molar-refractivity contribution in [2.24, 2.45) is 0 Å². The monoisotopic (exact) mass is 303 g/mol. The zero-order valence-corrected chi connectivity index (χ0v) is 10.8. The third-order valence-corrected chi connectivity index (χ3v) is 3.06. The maximum absolute atomic E-state index is 10.9. The molecule has 0 aliphatic heterocycles. The lowest BCUT2D eigenvalue weighted by molar-refractivity contribution is -0.119. The minimum absolute atomic E-state index is 0.00653. The molecule has 1 N–H and O–H groups in total. The number of alkyl halides is 1. The molecular weight excluding hydrogens is 289 g/mol. The Morgan fingerprint density at radius 3 is 2.29 bits per heavy atom. The van der Waals surface area contributed by atoms with Gasteiger partial charge in [-0.3, -0.25) is 4.79 Å². The topological polar surface area (TPSA) is 29.1 Å². The van der Waals surface area contributed by atoms with E-state index in [-0.39, 0.29) is 9.96 Å². The molecule has 1 rings (SSSR count). The van der Waals surface area contributed by atoms with E-state index in [1.54, 1.807) is 6.92 Å². The van der Waals surface area contributed by atoms with Gasteiger partial charge in [-0.05, 0) is 30.5 Å². The lowest BCUT2D eigenvalue weighted by atomic mass is 10.0. The van der Waals surface area contributed by atoms with Gasteiger partial charge in [-0.2, -0.15) is 0 Å². The van der Waals surface area contributed by atoms with Gasteiger partial charge in [0.05, 0.1) is 0 Å². The van der Waals surface area contributed by atoms with Crippen LogP contribution in [-0.2, 0) is 4.79 Å². The fourth-order valence-electron chi connectivity index (χ4n) is 1.48. The van der Waals surface area contributed by atoms with Gasteiger partial charge in [0, 0.05) is 6.92 Å². The van der Waals surface area contributed by atoms with Crippen molar-refractivity contribution in [1.29, 1.82) is 0 Å². The Morgan fingerprint density at radius 1 is 1.36 bits per heavy atom. The normalized spacial score (nSPS) is 12.3. The van der Waals surface area contributed by atoms with E-state index in [0.717, 1.165) is 0 Å². The highest BCUT2D eigenvalue weighted by Gasteiger charge is 2.12. The van der Waals surface area contributed by atoms with E-state index in [0.29, 0.717) is 0 Å². The summed E-state index contributed by atoms with van der Waals surface area (Å²) in [7, 11) is 0. The smallest absolute Gasteiger partial charge is 0.217 e. The first-order chi connectivity index (χ1) is 6.52. The molecule has 0 bridgehead atoms. The fraction of sp³-hybridized carbons (Fsp3) is 0.364. The Bertz CT molecular complexity index is 329. The van der Waals surface area contributed by atoms with Crippen LogP contribution in [0.1, 0.15) is 27.7 Å². The van der Waals surface area contributed by atoms with E-state index in [2.05, 4.69) is 53.9 Å².